The van der Waals surface area contributed by atoms with Crippen LogP contribution in [-0.4, -0.2) is 54.8 Å². The molecule has 0 spiro atoms. The summed E-state index contributed by atoms with van der Waals surface area (Å²) < 4.78 is 11.1. The number of hydrogen-bond acceptors (Lipinski definition) is 4. The summed E-state index contributed by atoms with van der Waals surface area (Å²) in [5.74, 6) is 0.388. The van der Waals surface area contributed by atoms with Gasteiger partial charge < -0.3 is 14.4 Å². The van der Waals surface area contributed by atoms with Crippen molar-refractivity contribution in [1.29, 1.82) is 0 Å². The molecule has 0 bridgehead atoms. The number of carbonyl (C=O) groups is 1. The lowest BCUT2D eigenvalue weighted by atomic mass is 10.0. The van der Waals surface area contributed by atoms with Gasteiger partial charge in [0.25, 0.3) is 0 Å². The number of nitrogens with zero attached hydrogens (tertiary/aromatic N) is 2. The van der Waals surface area contributed by atoms with Crippen LogP contribution in [0, 0.1) is 5.92 Å². The van der Waals surface area contributed by atoms with E-state index in [9.17, 15) is 4.79 Å². The molecule has 0 saturated carbocycles. The number of carbonyl (C=O) groups excluding carboxylic acids is 1. The van der Waals surface area contributed by atoms with E-state index in [1.165, 1.54) is 5.56 Å². The molecule has 0 unspecified atom stereocenters. The number of pyridine rings is 1. The Labute approximate surface area is 143 Å². The van der Waals surface area contributed by atoms with E-state index in [4.69, 9.17) is 9.47 Å². The van der Waals surface area contributed by atoms with Crippen LogP contribution >= 0.6 is 0 Å². The molecule has 1 fully saturated rings. The molecule has 1 aromatic rings. The van der Waals surface area contributed by atoms with Crippen molar-refractivity contribution in [1.82, 2.24) is 9.88 Å². The van der Waals surface area contributed by atoms with Crippen LogP contribution in [0.1, 0.15) is 24.8 Å². The van der Waals surface area contributed by atoms with Crippen molar-refractivity contribution >= 4 is 5.91 Å². The molecule has 3 rings (SSSR count). The minimum atomic E-state index is 0.0756. The monoisotopic (exact) mass is 330 g/mol. The average molecular weight is 330 g/mol. The second-order valence-corrected chi connectivity index (χ2v) is 6.49. The lowest BCUT2D eigenvalue weighted by Gasteiger charge is -2.30. The van der Waals surface area contributed by atoms with E-state index in [2.05, 4.69) is 22.0 Å². The first kappa shape index (κ1) is 17.1. The van der Waals surface area contributed by atoms with E-state index in [1.54, 1.807) is 19.5 Å². The first-order valence-electron chi connectivity index (χ1n) is 8.74. The fraction of sp³-hybridized carbons (Fsp3) is 0.579. The van der Waals surface area contributed by atoms with E-state index in [-0.39, 0.29) is 24.0 Å². The Hall–Kier alpha value is -1.72. The summed E-state index contributed by atoms with van der Waals surface area (Å²) in [5.41, 5.74) is 1.19. The highest BCUT2D eigenvalue weighted by Gasteiger charge is 2.39. The summed E-state index contributed by atoms with van der Waals surface area (Å²) >= 11 is 0. The van der Waals surface area contributed by atoms with Crippen molar-refractivity contribution < 1.29 is 14.3 Å². The molecule has 0 radical (unpaired) electrons. The van der Waals surface area contributed by atoms with Gasteiger partial charge in [-0.25, -0.2) is 0 Å². The van der Waals surface area contributed by atoms with Crippen LogP contribution in [0.3, 0.4) is 0 Å². The van der Waals surface area contributed by atoms with Crippen LogP contribution in [0.5, 0.6) is 0 Å². The highest BCUT2D eigenvalue weighted by atomic mass is 16.5. The topological polar surface area (TPSA) is 51.7 Å². The Kier molecular flexibility index (Phi) is 5.99. The van der Waals surface area contributed by atoms with Gasteiger partial charge in [-0.3, -0.25) is 9.78 Å². The predicted octanol–water partition coefficient (Wildman–Crippen LogP) is 2.22. The third-order valence-electron chi connectivity index (χ3n) is 4.94. The quantitative estimate of drug-likeness (QED) is 0.568. The molecule has 0 N–H and O–H groups in total. The number of likely N-dealkylation sites (tertiary alicyclic amines) is 1. The van der Waals surface area contributed by atoms with Crippen LogP contribution in [0.25, 0.3) is 0 Å². The second-order valence-electron chi connectivity index (χ2n) is 6.49. The Morgan fingerprint density at radius 2 is 2.00 bits per heavy atom. The zero-order valence-electron chi connectivity index (χ0n) is 14.3. The highest BCUT2D eigenvalue weighted by Crippen LogP contribution is 2.29. The van der Waals surface area contributed by atoms with Crippen LogP contribution in [0.4, 0.5) is 0 Å². The Balaban J connectivity index is 1.70. The molecular weight excluding hydrogens is 304 g/mol. The minimum Gasteiger partial charge on any atom is -0.382 e. The molecule has 1 saturated heterocycles. The molecule has 24 heavy (non-hydrogen) atoms. The number of amides is 1. The number of allylic oxidation sites excluding steroid dienone is 2. The maximum absolute atomic E-state index is 12.9. The van der Waals surface area contributed by atoms with Crippen LogP contribution < -0.4 is 0 Å². The fourth-order valence-electron chi connectivity index (χ4n) is 3.63. The zero-order valence-corrected chi connectivity index (χ0v) is 14.3. The van der Waals surface area contributed by atoms with Gasteiger partial charge in [-0.05, 0) is 43.4 Å². The van der Waals surface area contributed by atoms with Gasteiger partial charge >= 0.3 is 0 Å². The molecule has 0 aromatic carbocycles. The summed E-state index contributed by atoms with van der Waals surface area (Å²) in [4.78, 5) is 19.0. The lowest BCUT2D eigenvalue weighted by Crippen LogP contribution is -2.44. The molecule has 1 aromatic heterocycles. The maximum atomic E-state index is 12.9. The zero-order chi connectivity index (χ0) is 16.8. The van der Waals surface area contributed by atoms with E-state index < -0.39 is 0 Å². The molecule has 1 amide bonds. The molecule has 5 nitrogen and oxygen atoms in total. The van der Waals surface area contributed by atoms with Crippen molar-refractivity contribution in [3.63, 3.8) is 0 Å². The normalized spacial score (nSPS) is 24.0. The molecule has 1 aliphatic carbocycles. The summed E-state index contributed by atoms with van der Waals surface area (Å²) in [6.45, 7) is 1.93. The van der Waals surface area contributed by atoms with Crippen molar-refractivity contribution in [3.05, 3.63) is 42.2 Å². The highest BCUT2D eigenvalue weighted by molar-refractivity contribution is 5.80. The van der Waals surface area contributed by atoms with Crippen molar-refractivity contribution in [2.45, 2.75) is 37.8 Å². The van der Waals surface area contributed by atoms with Crippen LogP contribution in [0.2, 0.25) is 0 Å². The van der Waals surface area contributed by atoms with E-state index >= 15 is 0 Å². The average Bonchev–Trinajstić information content (AvgIpc) is 3.26. The standard InChI is InChI=1S/C19H26N2O3/c1-23-12-13-24-18-8-11-21(19(22)16-4-2-3-5-16)17(18)14-15-6-9-20-10-7-15/h2-3,6-7,9-10,16-18H,4-5,8,11-14H2,1H3/t17-,18-/m1/s1. The molecule has 2 atom stereocenters. The number of ether oxygens (including phenoxy) is 2. The van der Waals surface area contributed by atoms with E-state index in [0.29, 0.717) is 13.2 Å². The fourth-order valence-corrected chi connectivity index (χ4v) is 3.63. The predicted molar refractivity (Wildman–Crippen MR) is 91.5 cm³/mol. The summed E-state index contributed by atoms with van der Waals surface area (Å²) in [7, 11) is 1.68. The first-order chi connectivity index (χ1) is 11.8. The van der Waals surface area contributed by atoms with Gasteiger partial charge in [-0.1, -0.05) is 12.2 Å². The van der Waals surface area contributed by atoms with Crippen LogP contribution in [0.15, 0.2) is 36.7 Å². The third-order valence-corrected chi connectivity index (χ3v) is 4.94. The smallest absolute Gasteiger partial charge is 0.226 e. The SMILES string of the molecule is COCCO[C@@H]1CCN(C(=O)C2CC=CC2)[C@@H]1Cc1ccncc1. The summed E-state index contributed by atoms with van der Waals surface area (Å²) in [5, 5.41) is 0. The van der Waals surface area contributed by atoms with E-state index in [1.807, 2.05) is 12.1 Å². The van der Waals surface area contributed by atoms with Gasteiger partial charge in [0, 0.05) is 32.0 Å². The van der Waals surface area contributed by atoms with Crippen molar-refractivity contribution in [3.8, 4) is 0 Å². The maximum Gasteiger partial charge on any atom is 0.226 e. The lowest BCUT2D eigenvalue weighted by molar-refractivity contribution is -0.137. The second kappa shape index (κ2) is 8.40. The Morgan fingerprint density at radius 1 is 1.25 bits per heavy atom. The van der Waals surface area contributed by atoms with Gasteiger partial charge in [0.15, 0.2) is 0 Å². The molecule has 1 aliphatic heterocycles. The number of hydrogen-bond donors (Lipinski definition) is 0. The Bertz CT molecular complexity index is 553. The first-order valence-corrected chi connectivity index (χ1v) is 8.74. The number of aromatic nitrogens is 1. The van der Waals surface area contributed by atoms with Crippen molar-refractivity contribution in [2.24, 2.45) is 5.92 Å². The summed E-state index contributed by atoms with van der Waals surface area (Å²) in [6.07, 6.45) is 11.4. The van der Waals surface area contributed by atoms with Gasteiger partial charge in [0.05, 0.1) is 25.4 Å². The molecular formula is C19H26N2O3. The third kappa shape index (κ3) is 4.02. The number of rotatable bonds is 7. The van der Waals surface area contributed by atoms with Crippen LogP contribution in [-0.2, 0) is 20.7 Å². The van der Waals surface area contributed by atoms with Gasteiger partial charge in [-0.15, -0.1) is 0 Å². The molecule has 5 heteroatoms. The minimum absolute atomic E-state index is 0.0756. The summed E-state index contributed by atoms with van der Waals surface area (Å²) in [6, 6.07) is 4.13. The largest absolute Gasteiger partial charge is 0.382 e. The van der Waals surface area contributed by atoms with E-state index in [0.717, 1.165) is 32.2 Å². The van der Waals surface area contributed by atoms with Crippen molar-refractivity contribution in [2.75, 3.05) is 26.9 Å². The number of methoxy groups -OCH3 is 1. The van der Waals surface area contributed by atoms with Gasteiger partial charge in [-0.2, -0.15) is 0 Å². The van der Waals surface area contributed by atoms with Gasteiger partial charge in [0.2, 0.25) is 5.91 Å². The molecule has 130 valence electrons. The Morgan fingerprint density at radius 3 is 2.71 bits per heavy atom. The van der Waals surface area contributed by atoms with Gasteiger partial charge in [0.1, 0.15) is 0 Å². The molecule has 2 heterocycles. The molecule has 2 aliphatic rings.